The third-order valence-corrected chi connectivity index (χ3v) is 7.02. The second-order valence-corrected chi connectivity index (χ2v) is 9.97. The minimum absolute atomic E-state index is 0.344. The van der Waals surface area contributed by atoms with Crippen molar-refractivity contribution in [2.75, 3.05) is 23.3 Å². The fraction of sp³-hybridized carbons (Fsp3) is 0.364. The normalized spacial score (nSPS) is 15.6. The van der Waals surface area contributed by atoms with Crippen molar-refractivity contribution < 1.29 is 4.39 Å². The summed E-state index contributed by atoms with van der Waals surface area (Å²) in [6.07, 6.45) is 19.2. The van der Waals surface area contributed by atoms with Gasteiger partial charge in [-0.15, -0.1) is 0 Å². The van der Waals surface area contributed by atoms with Crippen LogP contribution in [0.4, 0.5) is 16.0 Å². The van der Waals surface area contributed by atoms with Gasteiger partial charge in [-0.25, -0.2) is 14.4 Å². The topological polar surface area (TPSA) is 53.9 Å². The molecule has 0 saturated carbocycles. The number of halogens is 1. The van der Waals surface area contributed by atoms with Gasteiger partial charge in [0.25, 0.3) is 0 Å². The zero-order valence-electron chi connectivity index (χ0n) is 24.3. The number of hydrogen-bond donors (Lipinski definition) is 1. The molecule has 0 fully saturated rings. The Balaban J connectivity index is 1.78. The Morgan fingerprint density at radius 1 is 1.23 bits per heavy atom. The summed E-state index contributed by atoms with van der Waals surface area (Å²) in [4.78, 5) is 15.9. The first-order valence-corrected chi connectivity index (χ1v) is 13.8. The highest BCUT2D eigenvalue weighted by Crippen LogP contribution is 2.32. The summed E-state index contributed by atoms with van der Waals surface area (Å²) in [5.41, 5.74) is 6.67. The summed E-state index contributed by atoms with van der Waals surface area (Å²) in [6, 6.07) is 1.55. The molecule has 1 unspecified atom stereocenters. The van der Waals surface area contributed by atoms with E-state index in [0.717, 1.165) is 59.8 Å². The van der Waals surface area contributed by atoms with Crippen molar-refractivity contribution in [2.24, 2.45) is 5.92 Å². The molecule has 5 nitrogen and oxygen atoms in total. The van der Waals surface area contributed by atoms with E-state index in [-0.39, 0.29) is 5.82 Å². The predicted molar refractivity (Wildman–Crippen MR) is 163 cm³/mol. The Labute approximate surface area is 233 Å². The fourth-order valence-electron chi connectivity index (χ4n) is 4.79. The zero-order valence-corrected chi connectivity index (χ0v) is 24.3. The lowest BCUT2D eigenvalue weighted by Crippen LogP contribution is -2.24. The molecular weight excluding hydrogens is 485 g/mol. The fourth-order valence-corrected chi connectivity index (χ4v) is 4.79. The van der Waals surface area contributed by atoms with Crippen molar-refractivity contribution in [1.82, 2.24) is 15.0 Å². The molecule has 0 radical (unpaired) electrons. The summed E-state index contributed by atoms with van der Waals surface area (Å²) in [5.74, 6) is 1.80. The van der Waals surface area contributed by atoms with Gasteiger partial charge in [0.15, 0.2) is 0 Å². The van der Waals surface area contributed by atoms with E-state index in [4.69, 9.17) is 0 Å². The molecule has 0 aromatic carbocycles. The van der Waals surface area contributed by atoms with Crippen LogP contribution in [0, 0.1) is 18.7 Å². The summed E-state index contributed by atoms with van der Waals surface area (Å²) in [6.45, 7) is 18.4. The first-order valence-electron chi connectivity index (χ1n) is 13.8. The molecule has 0 saturated heterocycles. The summed E-state index contributed by atoms with van der Waals surface area (Å²) in [5, 5.41) is 3.37. The molecule has 0 spiro atoms. The van der Waals surface area contributed by atoms with Gasteiger partial charge in [0.05, 0.1) is 0 Å². The second kappa shape index (κ2) is 14.4. The third-order valence-electron chi connectivity index (χ3n) is 7.02. The molecule has 0 amide bonds. The van der Waals surface area contributed by atoms with Gasteiger partial charge in [0.1, 0.15) is 29.5 Å². The Kier molecular flexibility index (Phi) is 11.0. The minimum atomic E-state index is -0.344. The molecule has 3 rings (SSSR count). The molecule has 1 aliphatic rings. The van der Waals surface area contributed by atoms with Crippen LogP contribution < -0.4 is 10.2 Å². The highest BCUT2D eigenvalue weighted by molar-refractivity contribution is 5.74. The van der Waals surface area contributed by atoms with E-state index in [1.165, 1.54) is 11.1 Å². The van der Waals surface area contributed by atoms with Crippen LogP contribution >= 0.6 is 0 Å². The lowest BCUT2D eigenvalue weighted by Gasteiger charge is -2.22. The van der Waals surface area contributed by atoms with Crippen LogP contribution in [0.3, 0.4) is 0 Å². The number of hydrogen-bond acceptors (Lipinski definition) is 5. The van der Waals surface area contributed by atoms with Crippen LogP contribution in [0.25, 0.3) is 5.57 Å². The van der Waals surface area contributed by atoms with Gasteiger partial charge in [-0.1, -0.05) is 75.5 Å². The van der Waals surface area contributed by atoms with E-state index in [2.05, 4.69) is 64.7 Å². The van der Waals surface area contributed by atoms with Crippen LogP contribution in [0.2, 0.25) is 0 Å². The Morgan fingerprint density at radius 2 is 2.03 bits per heavy atom. The van der Waals surface area contributed by atoms with Gasteiger partial charge in [-0.3, -0.25) is 4.98 Å². The summed E-state index contributed by atoms with van der Waals surface area (Å²) >= 11 is 0. The second-order valence-electron chi connectivity index (χ2n) is 9.97. The average molecular weight is 528 g/mol. The molecule has 0 bridgehead atoms. The van der Waals surface area contributed by atoms with Crippen LogP contribution in [0.15, 0.2) is 84.4 Å². The number of rotatable bonds is 12. The van der Waals surface area contributed by atoms with Crippen LogP contribution in [-0.4, -0.2) is 28.0 Å². The predicted octanol–water partition coefficient (Wildman–Crippen LogP) is 8.15. The van der Waals surface area contributed by atoms with E-state index in [1.807, 2.05) is 51.2 Å². The SMILES string of the molecule is C=C/C=C\C1=C(C(C)CC)CN(c2ncnc(NCc3cnc(C(/C=C\C)=C/C(C)=C/CC)c(F)c3)c2C)C1. The zero-order chi connectivity index (χ0) is 28.4. The number of allylic oxidation sites excluding steroid dienone is 8. The number of aromatic nitrogens is 3. The lowest BCUT2D eigenvalue weighted by atomic mass is 9.95. The molecule has 2 aromatic rings. The van der Waals surface area contributed by atoms with Gasteiger partial charge >= 0.3 is 0 Å². The van der Waals surface area contributed by atoms with E-state index in [9.17, 15) is 0 Å². The highest BCUT2D eigenvalue weighted by Gasteiger charge is 2.26. The molecule has 1 atom stereocenters. The molecule has 206 valence electrons. The monoisotopic (exact) mass is 527 g/mol. The van der Waals surface area contributed by atoms with Crippen LogP contribution in [0.5, 0.6) is 0 Å². The lowest BCUT2D eigenvalue weighted by molar-refractivity contribution is 0.614. The highest BCUT2D eigenvalue weighted by atomic mass is 19.1. The molecule has 39 heavy (non-hydrogen) atoms. The Hall–Kier alpha value is -3.80. The van der Waals surface area contributed by atoms with Gasteiger partial charge in [-0.2, -0.15) is 0 Å². The first-order chi connectivity index (χ1) is 18.8. The molecular formula is C33H42FN5. The molecule has 6 heteroatoms. The standard InChI is InChI=1S/C33H42FN5/c1-8-12-15-28-20-39(21-29(28)24(6)11-4)33-25(7)32(37-22-38-33)36-19-26-17-30(34)31(35-18-26)27(14-10-3)16-23(5)13-9-2/h8,10,12-18,22,24H,1,9,11,19-21H2,2-7H3,(H,36,37,38)/b14-10-,15-12-,23-13+,27-16+. The van der Waals surface area contributed by atoms with Crippen molar-refractivity contribution in [1.29, 1.82) is 0 Å². The van der Waals surface area contributed by atoms with Crippen molar-refractivity contribution in [3.05, 3.63) is 107 Å². The van der Waals surface area contributed by atoms with Crippen molar-refractivity contribution in [3.63, 3.8) is 0 Å². The number of pyridine rings is 1. The van der Waals surface area contributed by atoms with E-state index in [1.54, 1.807) is 18.6 Å². The molecule has 1 N–H and O–H groups in total. The largest absolute Gasteiger partial charge is 0.366 e. The quantitative estimate of drug-likeness (QED) is 0.282. The summed E-state index contributed by atoms with van der Waals surface area (Å²) in [7, 11) is 0. The van der Waals surface area contributed by atoms with Crippen molar-refractivity contribution in [3.8, 4) is 0 Å². The minimum Gasteiger partial charge on any atom is -0.366 e. The molecule has 3 heterocycles. The number of nitrogens with one attached hydrogen (secondary N) is 1. The van der Waals surface area contributed by atoms with Gasteiger partial charge in [0.2, 0.25) is 0 Å². The molecule has 2 aromatic heterocycles. The van der Waals surface area contributed by atoms with E-state index in [0.29, 0.717) is 18.2 Å². The van der Waals surface area contributed by atoms with Crippen molar-refractivity contribution >= 4 is 17.2 Å². The number of nitrogens with zero attached hydrogens (tertiary/aromatic N) is 4. The maximum absolute atomic E-state index is 15.2. The average Bonchev–Trinajstić information content (AvgIpc) is 3.34. The maximum atomic E-state index is 15.2. The van der Waals surface area contributed by atoms with Gasteiger partial charge < -0.3 is 10.2 Å². The molecule has 1 aliphatic heterocycles. The van der Waals surface area contributed by atoms with E-state index >= 15 is 4.39 Å². The first kappa shape index (κ1) is 29.8. The molecule has 0 aliphatic carbocycles. The van der Waals surface area contributed by atoms with Gasteiger partial charge in [-0.05, 0) is 62.3 Å². The van der Waals surface area contributed by atoms with Gasteiger partial charge in [0, 0.05) is 37.0 Å². The smallest absolute Gasteiger partial charge is 0.149 e. The van der Waals surface area contributed by atoms with E-state index < -0.39 is 0 Å². The Morgan fingerprint density at radius 3 is 2.69 bits per heavy atom. The van der Waals surface area contributed by atoms with Crippen LogP contribution in [-0.2, 0) is 6.54 Å². The third kappa shape index (κ3) is 7.62. The number of anilines is 2. The van der Waals surface area contributed by atoms with Crippen molar-refractivity contribution in [2.45, 2.75) is 60.9 Å². The summed E-state index contributed by atoms with van der Waals surface area (Å²) < 4.78 is 15.2. The van der Waals surface area contributed by atoms with Crippen LogP contribution in [0.1, 0.15) is 64.3 Å². The Bertz CT molecular complexity index is 1320. The maximum Gasteiger partial charge on any atom is 0.149 e.